The number of hydrogen-bond acceptors (Lipinski definition) is 5. The molecule has 0 aromatic heterocycles. The fraction of sp³-hybridized carbons (Fsp3) is 0.318. The minimum atomic E-state index is -0.494. The zero-order valence-corrected chi connectivity index (χ0v) is 17.4. The summed E-state index contributed by atoms with van der Waals surface area (Å²) in [6.07, 6.45) is 1.19. The van der Waals surface area contributed by atoms with Gasteiger partial charge in [0.05, 0.1) is 13.3 Å². The lowest BCUT2D eigenvalue weighted by Gasteiger charge is -2.21. The summed E-state index contributed by atoms with van der Waals surface area (Å²) in [5, 5.41) is 6.66. The van der Waals surface area contributed by atoms with E-state index in [0.29, 0.717) is 11.4 Å². The number of carbonyl (C=O) groups excluding carboxylic acids is 2. The molecular formula is C22H28N4O3. The van der Waals surface area contributed by atoms with Crippen LogP contribution in [0.4, 0.5) is 11.4 Å². The summed E-state index contributed by atoms with van der Waals surface area (Å²) in [6, 6.07) is 13.2. The van der Waals surface area contributed by atoms with Gasteiger partial charge in [-0.1, -0.05) is 18.2 Å². The minimum absolute atomic E-state index is 0.316. The van der Waals surface area contributed by atoms with Gasteiger partial charge in [-0.2, -0.15) is 5.10 Å². The predicted molar refractivity (Wildman–Crippen MR) is 117 cm³/mol. The number of amides is 2. The van der Waals surface area contributed by atoms with Crippen molar-refractivity contribution in [2.24, 2.45) is 5.10 Å². The Morgan fingerprint density at radius 1 is 1.10 bits per heavy atom. The number of nitrogens with zero attached hydrogens (tertiary/aromatic N) is 2. The summed E-state index contributed by atoms with van der Waals surface area (Å²) in [5.41, 5.74) is 5.78. The molecule has 0 aliphatic carbocycles. The first-order valence-corrected chi connectivity index (χ1v) is 9.58. The van der Waals surface area contributed by atoms with Crippen LogP contribution in [0.5, 0.6) is 5.75 Å². The molecule has 0 radical (unpaired) electrons. The van der Waals surface area contributed by atoms with E-state index < -0.39 is 11.8 Å². The second-order valence-electron chi connectivity index (χ2n) is 6.43. The molecule has 2 N–H and O–H groups in total. The highest BCUT2D eigenvalue weighted by Gasteiger charge is 2.10. The highest BCUT2D eigenvalue weighted by Crippen LogP contribution is 2.24. The average molecular weight is 396 g/mol. The van der Waals surface area contributed by atoms with E-state index in [9.17, 15) is 9.59 Å². The molecule has 2 aromatic carbocycles. The molecule has 0 saturated heterocycles. The highest BCUT2D eigenvalue weighted by molar-refractivity contribution is 6.04. The predicted octanol–water partition coefficient (Wildman–Crippen LogP) is 3.33. The van der Waals surface area contributed by atoms with E-state index in [0.717, 1.165) is 29.9 Å². The lowest BCUT2D eigenvalue weighted by atomic mass is 10.2. The van der Waals surface area contributed by atoms with Crippen LogP contribution in [0.15, 0.2) is 47.6 Å². The summed E-state index contributed by atoms with van der Waals surface area (Å²) in [4.78, 5) is 26.2. The number of nitrogens with one attached hydrogen (secondary N) is 2. The molecule has 0 fully saturated rings. The molecule has 2 aromatic rings. The molecule has 2 rings (SSSR count). The van der Waals surface area contributed by atoms with Crippen molar-refractivity contribution in [2.75, 3.05) is 30.4 Å². The van der Waals surface area contributed by atoms with Crippen molar-refractivity contribution in [2.45, 2.75) is 27.2 Å². The van der Waals surface area contributed by atoms with Crippen LogP contribution in [0.1, 0.15) is 31.4 Å². The number of anilines is 2. The van der Waals surface area contributed by atoms with E-state index in [-0.39, 0.29) is 6.42 Å². The number of benzene rings is 2. The van der Waals surface area contributed by atoms with Crippen LogP contribution in [-0.4, -0.2) is 38.2 Å². The van der Waals surface area contributed by atoms with E-state index in [1.807, 2.05) is 43.3 Å². The second kappa shape index (κ2) is 10.8. The first kappa shape index (κ1) is 21.9. The molecule has 0 bridgehead atoms. The smallest absolute Gasteiger partial charge is 0.249 e. The largest absolute Gasteiger partial charge is 0.496 e. The number of hydrogen-bond donors (Lipinski definition) is 2. The van der Waals surface area contributed by atoms with Crippen molar-refractivity contribution in [3.8, 4) is 5.75 Å². The first-order chi connectivity index (χ1) is 14.0. The van der Waals surface area contributed by atoms with Gasteiger partial charge in [0, 0.05) is 36.1 Å². The van der Waals surface area contributed by atoms with Gasteiger partial charge in [0.2, 0.25) is 11.8 Å². The Balaban J connectivity index is 1.94. The molecule has 7 nitrogen and oxygen atoms in total. The Kier molecular flexibility index (Phi) is 8.21. The Hall–Kier alpha value is -3.35. The Morgan fingerprint density at radius 2 is 1.83 bits per heavy atom. The second-order valence-corrected chi connectivity index (χ2v) is 6.43. The quantitative estimate of drug-likeness (QED) is 0.387. The van der Waals surface area contributed by atoms with Gasteiger partial charge in [0.1, 0.15) is 12.2 Å². The van der Waals surface area contributed by atoms with Crippen LogP contribution < -0.4 is 20.4 Å². The van der Waals surface area contributed by atoms with Gasteiger partial charge in [0.25, 0.3) is 0 Å². The third-order valence-electron chi connectivity index (χ3n) is 4.48. The molecule has 0 atom stereocenters. The molecule has 2 amide bonds. The number of ether oxygens (including phenoxy) is 1. The van der Waals surface area contributed by atoms with Crippen molar-refractivity contribution < 1.29 is 14.3 Å². The number of rotatable bonds is 9. The van der Waals surface area contributed by atoms with Crippen molar-refractivity contribution in [1.29, 1.82) is 0 Å². The van der Waals surface area contributed by atoms with Crippen LogP contribution in [0, 0.1) is 6.92 Å². The van der Waals surface area contributed by atoms with Gasteiger partial charge in [-0.3, -0.25) is 9.59 Å². The molecular weight excluding hydrogens is 368 g/mol. The van der Waals surface area contributed by atoms with Gasteiger partial charge >= 0.3 is 0 Å². The topological polar surface area (TPSA) is 83.0 Å². The molecule has 0 heterocycles. The molecule has 0 aliphatic heterocycles. The number of methoxy groups -OCH3 is 1. The van der Waals surface area contributed by atoms with Crippen LogP contribution in [-0.2, 0) is 9.59 Å². The Morgan fingerprint density at radius 3 is 2.48 bits per heavy atom. The summed E-state index contributed by atoms with van der Waals surface area (Å²) < 4.78 is 5.43. The van der Waals surface area contributed by atoms with Gasteiger partial charge < -0.3 is 15.0 Å². The zero-order chi connectivity index (χ0) is 21.2. The van der Waals surface area contributed by atoms with Gasteiger partial charge in [-0.05, 0) is 44.5 Å². The third-order valence-corrected chi connectivity index (χ3v) is 4.48. The number of hydrazone groups is 1. The molecule has 0 aliphatic rings. The maximum atomic E-state index is 12.0. The number of para-hydroxylation sites is 1. The first-order valence-electron chi connectivity index (χ1n) is 9.58. The van der Waals surface area contributed by atoms with Gasteiger partial charge in [0.15, 0.2) is 0 Å². The molecule has 154 valence electrons. The molecule has 0 spiro atoms. The van der Waals surface area contributed by atoms with Crippen molar-refractivity contribution in [1.82, 2.24) is 5.43 Å². The maximum absolute atomic E-state index is 12.0. The van der Waals surface area contributed by atoms with E-state index in [4.69, 9.17) is 4.74 Å². The SMILES string of the molecule is CCN(CC)c1ccc(C=NNC(=O)CC(=O)Nc2ccccc2C)c(OC)c1. The standard InChI is InChI=1S/C22H28N4O3/c1-5-26(6-2)18-12-11-17(20(13-18)29-4)15-23-25-22(28)14-21(27)24-19-10-8-7-9-16(19)3/h7-13,15H,5-6,14H2,1-4H3,(H,24,27)(H,25,28). The summed E-state index contributed by atoms with van der Waals surface area (Å²) in [6.45, 7) is 7.87. The van der Waals surface area contributed by atoms with Crippen LogP contribution in [0.2, 0.25) is 0 Å². The number of carbonyl (C=O) groups is 2. The molecule has 7 heteroatoms. The lowest BCUT2D eigenvalue weighted by molar-refractivity contribution is -0.126. The van der Waals surface area contributed by atoms with Crippen LogP contribution >= 0.6 is 0 Å². The van der Waals surface area contributed by atoms with E-state index in [1.165, 1.54) is 6.21 Å². The zero-order valence-electron chi connectivity index (χ0n) is 17.4. The fourth-order valence-electron chi connectivity index (χ4n) is 2.86. The van der Waals surface area contributed by atoms with Crippen molar-refractivity contribution in [3.63, 3.8) is 0 Å². The van der Waals surface area contributed by atoms with Gasteiger partial charge in [-0.25, -0.2) is 5.43 Å². The highest BCUT2D eigenvalue weighted by atomic mass is 16.5. The van der Waals surface area contributed by atoms with E-state index in [1.54, 1.807) is 13.2 Å². The molecule has 0 unspecified atom stereocenters. The fourth-order valence-corrected chi connectivity index (χ4v) is 2.86. The number of aryl methyl sites for hydroxylation is 1. The van der Waals surface area contributed by atoms with Gasteiger partial charge in [-0.15, -0.1) is 0 Å². The summed E-state index contributed by atoms with van der Waals surface area (Å²) >= 11 is 0. The maximum Gasteiger partial charge on any atom is 0.249 e. The average Bonchev–Trinajstić information content (AvgIpc) is 2.71. The third kappa shape index (κ3) is 6.34. The van der Waals surface area contributed by atoms with Crippen LogP contribution in [0.3, 0.4) is 0 Å². The molecule has 0 saturated carbocycles. The Bertz CT molecular complexity index is 876. The molecule has 29 heavy (non-hydrogen) atoms. The summed E-state index contributed by atoms with van der Waals surface area (Å²) in [7, 11) is 1.59. The lowest BCUT2D eigenvalue weighted by Crippen LogP contribution is -2.25. The van der Waals surface area contributed by atoms with E-state index in [2.05, 4.69) is 34.6 Å². The van der Waals surface area contributed by atoms with Crippen molar-refractivity contribution in [3.05, 3.63) is 53.6 Å². The minimum Gasteiger partial charge on any atom is -0.496 e. The van der Waals surface area contributed by atoms with E-state index >= 15 is 0 Å². The van der Waals surface area contributed by atoms with Crippen molar-refractivity contribution >= 4 is 29.4 Å². The summed E-state index contributed by atoms with van der Waals surface area (Å²) in [5.74, 6) is -0.232. The normalized spacial score (nSPS) is 10.6. The Labute approximate surface area is 171 Å². The monoisotopic (exact) mass is 396 g/mol. The van der Waals surface area contributed by atoms with Crippen LogP contribution in [0.25, 0.3) is 0 Å².